The van der Waals surface area contributed by atoms with Crippen molar-refractivity contribution in [2.45, 2.75) is 38.6 Å². The Balaban J connectivity index is 1.47. The second-order valence-electron chi connectivity index (χ2n) is 7.75. The summed E-state index contributed by atoms with van der Waals surface area (Å²) in [6.45, 7) is 2.58. The summed E-state index contributed by atoms with van der Waals surface area (Å²) >= 11 is 11.9. The van der Waals surface area contributed by atoms with E-state index in [4.69, 9.17) is 23.2 Å². The predicted octanol–water partition coefficient (Wildman–Crippen LogP) is 4.56. The first kappa shape index (κ1) is 21.7. The molecule has 156 valence electrons. The van der Waals surface area contributed by atoms with Gasteiger partial charge in [-0.3, -0.25) is 4.79 Å². The van der Waals surface area contributed by atoms with E-state index in [1.165, 1.54) is 0 Å². The number of hydrogen-bond donors (Lipinski definition) is 2. The molecule has 1 saturated carbocycles. The third-order valence-electron chi connectivity index (χ3n) is 5.21. The maximum absolute atomic E-state index is 12.3. The Labute approximate surface area is 182 Å². The number of benzene rings is 1. The number of hydrogen-bond acceptors (Lipinski definition) is 5. The van der Waals surface area contributed by atoms with Crippen molar-refractivity contribution in [3.8, 4) is 0 Å². The highest BCUT2D eigenvalue weighted by Gasteiger charge is 2.22. The molecule has 0 saturated heterocycles. The first-order valence-corrected chi connectivity index (χ1v) is 10.6. The molecule has 0 bridgehead atoms. The molecule has 29 heavy (non-hydrogen) atoms. The quantitative estimate of drug-likeness (QED) is 0.695. The lowest BCUT2D eigenvalue weighted by atomic mass is 9.86. The van der Waals surface area contributed by atoms with Gasteiger partial charge in [0.2, 0.25) is 0 Å². The lowest BCUT2D eigenvalue weighted by Gasteiger charge is -2.29. The smallest absolute Gasteiger partial charge is 0.251 e. The number of aryl methyl sites for hydroxylation is 1. The van der Waals surface area contributed by atoms with Gasteiger partial charge in [0, 0.05) is 38.3 Å². The third-order valence-corrected chi connectivity index (χ3v) is 5.95. The first-order valence-electron chi connectivity index (χ1n) is 9.84. The normalized spacial score (nSPS) is 18.9. The van der Waals surface area contributed by atoms with Crippen molar-refractivity contribution < 1.29 is 4.79 Å². The van der Waals surface area contributed by atoms with Crippen molar-refractivity contribution in [3.63, 3.8) is 0 Å². The van der Waals surface area contributed by atoms with E-state index in [1.807, 2.05) is 32.0 Å². The molecule has 0 unspecified atom stereocenters. The van der Waals surface area contributed by atoms with Crippen LogP contribution in [0.25, 0.3) is 0 Å². The van der Waals surface area contributed by atoms with Crippen LogP contribution in [0.15, 0.2) is 24.3 Å². The van der Waals surface area contributed by atoms with Gasteiger partial charge in [-0.15, -0.1) is 0 Å². The Morgan fingerprint density at radius 1 is 1.10 bits per heavy atom. The SMILES string of the molecule is Cc1nc(NC2CCC(CNC(=O)c3ccc(Cl)c(Cl)c3)CC2)cc(N(C)C)n1. The standard InChI is InChI=1S/C21H27Cl2N5O/c1-13-25-19(11-20(26-13)28(2)3)27-16-7-4-14(5-8-16)12-24-21(29)15-6-9-17(22)18(23)10-15/h6,9-11,14,16H,4-5,7-8,12H2,1-3H3,(H,24,29)(H,25,26,27). The van der Waals surface area contributed by atoms with Gasteiger partial charge >= 0.3 is 0 Å². The Morgan fingerprint density at radius 3 is 2.48 bits per heavy atom. The second-order valence-corrected chi connectivity index (χ2v) is 8.57. The number of rotatable bonds is 6. The fraction of sp³-hybridized carbons (Fsp3) is 0.476. The molecule has 0 atom stereocenters. The van der Waals surface area contributed by atoms with E-state index in [2.05, 4.69) is 20.6 Å². The molecule has 1 aromatic carbocycles. The van der Waals surface area contributed by atoms with E-state index < -0.39 is 0 Å². The molecule has 8 heteroatoms. The number of aromatic nitrogens is 2. The molecule has 1 fully saturated rings. The zero-order chi connectivity index (χ0) is 21.0. The molecule has 3 rings (SSSR count). The number of amides is 1. The zero-order valence-electron chi connectivity index (χ0n) is 17.0. The number of carbonyl (C=O) groups is 1. The van der Waals surface area contributed by atoms with E-state index in [9.17, 15) is 4.79 Å². The molecule has 0 spiro atoms. The number of anilines is 2. The summed E-state index contributed by atoms with van der Waals surface area (Å²) in [7, 11) is 3.95. The molecular formula is C21H27Cl2N5O. The fourth-order valence-corrected chi connectivity index (χ4v) is 3.85. The number of carbonyl (C=O) groups excluding carboxylic acids is 1. The molecule has 0 aliphatic heterocycles. The second kappa shape index (κ2) is 9.63. The van der Waals surface area contributed by atoms with Gasteiger partial charge in [-0.25, -0.2) is 9.97 Å². The van der Waals surface area contributed by atoms with Crippen LogP contribution in [0.1, 0.15) is 41.9 Å². The molecule has 1 aromatic heterocycles. The monoisotopic (exact) mass is 435 g/mol. The summed E-state index contributed by atoms with van der Waals surface area (Å²) in [4.78, 5) is 23.3. The summed E-state index contributed by atoms with van der Waals surface area (Å²) in [5.41, 5.74) is 0.533. The van der Waals surface area contributed by atoms with Crippen LogP contribution in [-0.2, 0) is 0 Å². The van der Waals surface area contributed by atoms with Gasteiger partial charge in [0.1, 0.15) is 17.5 Å². The van der Waals surface area contributed by atoms with Crippen molar-refractivity contribution in [1.82, 2.24) is 15.3 Å². The lowest BCUT2D eigenvalue weighted by Crippen LogP contribution is -2.34. The molecule has 1 aliphatic rings. The highest BCUT2D eigenvalue weighted by Crippen LogP contribution is 2.27. The van der Waals surface area contributed by atoms with Crippen molar-refractivity contribution >= 4 is 40.7 Å². The minimum absolute atomic E-state index is 0.114. The molecule has 6 nitrogen and oxygen atoms in total. The topological polar surface area (TPSA) is 70.2 Å². The molecule has 1 amide bonds. The Bertz CT molecular complexity index is 866. The first-order chi connectivity index (χ1) is 13.8. The number of halogens is 2. The van der Waals surface area contributed by atoms with Gasteiger partial charge in [-0.1, -0.05) is 23.2 Å². The minimum atomic E-state index is -0.114. The molecule has 0 radical (unpaired) electrons. The number of nitrogens with one attached hydrogen (secondary N) is 2. The average molecular weight is 436 g/mol. The Hall–Kier alpha value is -2.05. The van der Waals surface area contributed by atoms with Crippen molar-refractivity contribution in [1.29, 1.82) is 0 Å². The maximum Gasteiger partial charge on any atom is 0.251 e. The van der Waals surface area contributed by atoms with Gasteiger partial charge in [-0.05, 0) is 56.7 Å². The minimum Gasteiger partial charge on any atom is -0.367 e. The van der Waals surface area contributed by atoms with E-state index in [-0.39, 0.29) is 5.91 Å². The van der Waals surface area contributed by atoms with Crippen molar-refractivity contribution in [2.24, 2.45) is 5.92 Å². The van der Waals surface area contributed by atoms with Crippen LogP contribution in [-0.4, -0.2) is 42.6 Å². The Morgan fingerprint density at radius 2 is 1.83 bits per heavy atom. The largest absolute Gasteiger partial charge is 0.367 e. The lowest BCUT2D eigenvalue weighted by molar-refractivity contribution is 0.0943. The van der Waals surface area contributed by atoms with Crippen LogP contribution in [0.2, 0.25) is 10.0 Å². The van der Waals surface area contributed by atoms with Crippen LogP contribution in [0, 0.1) is 12.8 Å². The van der Waals surface area contributed by atoms with Gasteiger partial charge in [0.25, 0.3) is 5.91 Å². The molecular weight excluding hydrogens is 409 g/mol. The maximum atomic E-state index is 12.3. The summed E-state index contributed by atoms with van der Waals surface area (Å²) in [5, 5.41) is 7.41. The van der Waals surface area contributed by atoms with Crippen molar-refractivity contribution in [2.75, 3.05) is 30.9 Å². The highest BCUT2D eigenvalue weighted by atomic mass is 35.5. The highest BCUT2D eigenvalue weighted by molar-refractivity contribution is 6.42. The van der Waals surface area contributed by atoms with Gasteiger partial charge in [-0.2, -0.15) is 0 Å². The van der Waals surface area contributed by atoms with E-state index in [0.29, 0.717) is 34.1 Å². The third kappa shape index (κ3) is 5.97. The number of nitrogens with zero attached hydrogens (tertiary/aromatic N) is 3. The van der Waals surface area contributed by atoms with E-state index in [1.54, 1.807) is 18.2 Å². The van der Waals surface area contributed by atoms with Gasteiger partial charge < -0.3 is 15.5 Å². The Kier molecular flexibility index (Phi) is 7.19. The van der Waals surface area contributed by atoms with Crippen LogP contribution in [0.5, 0.6) is 0 Å². The molecule has 2 aromatic rings. The van der Waals surface area contributed by atoms with Crippen LogP contribution in [0.4, 0.5) is 11.6 Å². The van der Waals surface area contributed by atoms with Crippen LogP contribution in [0.3, 0.4) is 0 Å². The summed E-state index contributed by atoms with van der Waals surface area (Å²) in [6, 6.07) is 7.31. The van der Waals surface area contributed by atoms with Crippen molar-refractivity contribution in [3.05, 3.63) is 45.7 Å². The molecule has 1 heterocycles. The van der Waals surface area contributed by atoms with Gasteiger partial charge in [0.05, 0.1) is 10.0 Å². The van der Waals surface area contributed by atoms with Crippen LogP contribution >= 0.6 is 23.2 Å². The fourth-order valence-electron chi connectivity index (χ4n) is 3.55. The molecule has 1 aliphatic carbocycles. The van der Waals surface area contributed by atoms with E-state index >= 15 is 0 Å². The van der Waals surface area contributed by atoms with Crippen LogP contribution < -0.4 is 15.5 Å². The van der Waals surface area contributed by atoms with Gasteiger partial charge in [0.15, 0.2) is 0 Å². The summed E-state index contributed by atoms with van der Waals surface area (Å²) in [6.07, 6.45) is 4.22. The average Bonchev–Trinajstić information content (AvgIpc) is 2.69. The van der Waals surface area contributed by atoms with E-state index in [0.717, 1.165) is 43.1 Å². The zero-order valence-corrected chi connectivity index (χ0v) is 18.5. The summed E-state index contributed by atoms with van der Waals surface area (Å²) < 4.78 is 0. The predicted molar refractivity (Wildman–Crippen MR) is 119 cm³/mol. The summed E-state index contributed by atoms with van der Waals surface area (Å²) in [5.74, 6) is 2.90. The molecule has 2 N–H and O–H groups in total.